The quantitative estimate of drug-likeness (QED) is 0.808. The van der Waals surface area contributed by atoms with Gasteiger partial charge in [0.25, 0.3) is 0 Å². The molecule has 2 rings (SSSR count). The Morgan fingerprint density at radius 3 is 2.67 bits per heavy atom. The van der Waals surface area contributed by atoms with Crippen LogP contribution in [0.3, 0.4) is 0 Å². The highest BCUT2D eigenvalue weighted by Gasteiger charge is 2.06. The second-order valence-corrected chi connectivity index (χ2v) is 4.16. The van der Waals surface area contributed by atoms with E-state index in [0.717, 1.165) is 0 Å². The lowest BCUT2D eigenvalue weighted by molar-refractivity contribution is 0.292. The summed E-state index contributed by atoms with van der Waals surface area (Å²) in [7, 11) is 1.51. The highest BCUT2D eigenvalue weighted by molar-refractivity contribution is 6.32. The molecule has 4 nitrogen and oxygen atoms in total. The third kappa shape index (κ3) is 3.24. The van der Waals surface area contributed by atoms with Crippen LogP contribution in [0.4, 0.5) is 0 Å². The van der Waals surface area contributed by atoms with Crippen LogP contribution >= 0.6 is 23.2 Å². The molecule has 0 fully saturated rings. The maximum absolute atomic E-state index is 5.96. The van der Waals surface area contributed by atoms with Crippen molar-refractivity contribution >= 4 is 23.2 Å². The minimum atomic E-state index is 0.167. The lowest BCUT2D eigenvalue weighted by Gasteiger charge is -2.07. The molecule has 0 unspecified atom stereocenters. The number of hydrogen-bond donors (Lipinski definition) is 0. The molecule has 0 atom stereocenters. The number of halogens is 2. The Morgan fingerprint density at radius 2 is 1.94 bits per heavy atom. The maximum atomic E-state index is 5.96. The van der Waals surface area contributed by atoms with Crippen LogP contribution in [0.2, 0.25) is 10.2 Å². The van der Waals surface area contributed by atoms with Gasteiger partial charge in [-0.05, 0) is 12.1 Å². The zero-order valence-electron chi connectivity index (χ0n) is 9.56. The summed E-state index contributed by atoms with van der Waals surface area (Å²) in [5.74, 6) is 1.40. The van der Waals surface area contributed by atoms with Crippen molar-refractivity contribution in [2.45, 2.75) is 6.61 Å². The monoisotopic (exact) mass is 284 g/mol. The van der Waals surface area contributed by atoms with Crippen LogP contribution in [-0.4, -0.2) is 17.1 Å². The number of benzene rings is 1. The zero-order chi connectivity index (χ0) is 13.0. The fourth-order valence-electron chi connectivity index (χ4n) is 1.32. The Morgan fingerprint density at radius 1 is 1.17 bits per heavy atom. The highest BCUT2D eigenvalue weighted by atomic mass is 35.5. The Labute approximate surface area is 114 Å². The first-order chi connectivity index (χ1) is 8.69. The van der Waals surface area contributed by atoms with Gasteiger partial charge in [0, 0.05) is 6.07 Å². The molecule has 0 radical (unpaired) electrons. The summed E-state index contributed by atoms with van der Waals surface area (Å²) in [6, 6.07) is 8.70. The van der Waals surface area contributed by atoms with Crippen molar-refractivity contribution < 1.29 is 9.47 Å². The van der Waals surface area contributed by atoms with Crippen molar-refractivity contribution in [2.24, 2.45) is 0 Å². The van der Waals surface area contributed by atoms with Crippen LogP contribution in [0.5, 0.6) is 11.6 Å². The molecular formula is C12H10Cl2N2O2. The molecule has 0 aliphatic rings. The maximum Gasteiger partial charge on any atom is 0.217 e. The molecular weight excluding hydrogens is 275 g/mol. The minimum Gasteiger partial charge on any atom is -0.484 e. The molecule has 1 aromatic carbocycles. The van der Waals surface area contributed by atoms with E-state index in [2.05, 4.69) is 9.97 Å². The van der Waals surface area contributed by atoms with Gasteiger partial charge in [-0.3, -0.25) is 0 Å². The highest BCUT2D eigenvalue weighted by Crippen LogP contribution is 2.24. The molecule has 18 heavy (non-hydrogen) atoms. The van der Waals surface area contributed by atoms with Crippen LogP contribution in [0.25, 0.3) is 0 Å². The van der Waals surface area contributed by atoms with Crippen molar-refractivity contribution in [1.82, 2.24) is 9.97 Å². The summed E-state index contributed by atoms with van der Waals surface area (Å²) in [6.45, 7) is 0.167. The molecule has 0 spiro atoms. The Hall–Kier alpha value is -1.52. The van der Waals surface area contributed by atoms with Gasteiger partial charge < -0.3 is 9.47 Å². The molecule has 0 aliphatic heterocycles. The van der Waals surface area contributed by atoms with E-state index in [9.17, 15) is 0 Å². The van der Waals surface area contributed by atoms with Gasteiger partial charge in [0.15, 0.2) is 5.82 Å². The number of para-hydroxylation sites is 1. The van der Waals surface area contributed by atoms with Crippen LogP contribution < -0.4 is 9.47 Å². The number of rotatable bonds is 4. The van der Waals surface area contributed by atoms with Gasteiger partial charge in [-0.25, -0.2) is 4.98 Å². The summed E-state index contributed by atoms with van der Waals surface area (Å²) >= 11 is 11.8. The van der Waals surface area contributed by atoms with E-state index in [1.54, 1.807) is 12.1 Å². The largest absolute Gasteiger partial charge is 0.484 e. The van der Waals surface area contributed by atoms with E-state index >= 15 is 0 Å². The van der Waals surface area contributed by atoms with Gasteiger partial charge in [0.2, 0.25) is 5.88 Å². The van der Waals surface area contributed by atoms with Crippen molar-refractivity contribution in [3.05, 3.63) is 46.3 Å². The van der Waals surface area contributed by atoms with Crippen molar-refractivity contribution in [3.63, 3.8) is 0 Å². The van der Waals surface area contributed by atoms with Crippen LogP contribution in [-0.2, 0) is 6.61 Å². The average molecular weight is 285 g/mol. The van der Waals surface area contributed by atoms with Gasteiger partial charge >= 0.3 is 0 Å². The van der Waals surface area contributed by atoms with Gasteiger partial charge in [-0.2, -0.15) is 4.98 Å². The lowest BCUT2D eigenvalue weighted by atomic mass is 10.3. The van der Waals surface area contributed by atoms with Gasteiger partial charge in [-0.1, -0.05) is 35.3 Å². The van der Waals surface area contributed by atoms with E-state index in [1.807, 2.05) is 12.1 Å². The number of hydrogen-bond acceptors (Lipinski definition) is 4. The molecule has 0 N–H and O–H groups in total. The topological polar surface area (TPSA) is 44.2 Å². The van der Waals surface area contributed by atoms with Crippen LogP contribution in [0, 0.1) is 0 Å². The van der Waals surface area contributed by atoms with E-state index in [1.165, 1.54) is 13.2 Å². The molecule has 0 saturated carbocycles. The van der Waals surface area contributed by atoms with Crippen molar-refractivity contribution in [2.75, 3.05) is 7.11 Å². The number of aromatic nitrogens is 2. The predicted octanol–water partition coefficient (Wildman–Crippen LogP) is 3.37. The molecule has 0 amide bonds. The third-order valence-electron chi connectivity index (χ3n) is 2.12. The first kappa shape index (κ1) is 12.9. The molecule has 0 aliphatic carbocycles. The first-order valence-corrected chi connectivity index (χ1v) is 5.89. The van der Waals surface area contributed by atoms with Gasteiger partial charge in [0.05, 0.1) is 12.1 Å². The lowest BCUT2D eigenvalue weighted by Crippen LogP contribution is -2.03. The minimum absolute atomic E-state index is 0.167. The summed E-state index contributed by atoms with van der Waals surface area (Å²) < 4.78 is 10.5. The van der Waals surface area contributed by atoms with E-state index < -0.39 is 0 Å². The second-order valence-electron chi connectivity index (χ2n) is 3.37. The fourth-order valence-corrected chi connectivity index (χ4v) is 1.70. The summed E-state index contributed by atoms with van der Waals surface area (Å²) in [5, 5.41) is 0.839. The zero-order valence-corrected chi connectivity index (χ0v) is 11.1. The SMILES string of the molecule is COc1cc(Cl)nc(COc2ccccc2Cl)n1. The van der Waals surface area contributed by atoms with E-state index in [0.29, 0.717) is 27.6 Å². The smallest absolute Gasteiger partial charge is 0.217 e. The molecule has 1 heterocycles. The predicted molar refractivity (Wildman–Crippen MR) is 69.4 cm³/mol. The second kappa shape index (κ2) is 5.89. The van der Waals surface area contributed by atoms with Gasteiger partial charge in [-0.15, -0.1) is 0 Å². The van der Waals surface area contributed by atoms with E-state index in [-0.39, 0.29) is 6.61 Å². The van der Waals surface area contributed by atoms with E-state index in [4.69, 9.17) is 32.7 Å². The summed E-state index contributed by atoms with van der Waals surface area (Å²) in [4.78, 5) is 8.14. The third-order valence-corrected chi connectivity index (χ3v) is 2.63. The van der Waals surface area contributed by atoms with Crippen molar-refractivity contribution in [1.29, 1.82) is 0 Å². The van der Waals surface area contributed by atoms with Crippen LogP contribution in [0.1, 0.15) is 5.82 Å². The van der Waals surface area contributed by atoms with Crippen LogP contribution in [0.15, 0.2) is 30.3 Å². The molecule has 0 saturated heterocycles. The number of ether oxygens (including phenoxy) is 2. The molecule has 94 valence electrons. The molecule has 0 bridgehead atoms. The van der Waals surface area contributed by atoms with Crippen molar-refractivity contribution in [3.8, 4) is 11.6 Å². The molecule has 2 aromatic rings. The Balaban J connectivity index is 2.11. The Bertz CT molecular complexity index is 549. The standard InChI is InChI=1S/C12H10Cl2N2O2/c1-17-12-6-10(14)15-11(16-12)7-18-9-5-3-2-4-8(9)13/h2-6H,7H2,1H3. The number of nitrogens with zero attached hydrogens (tertiary/aromatic N) is 2. The summed E-state index contributed by atoms with van der Waals surface area (Å²) in [6.07, 6.45) is 0. The fraction of sp³-hybridized carbons (Fsp3) is 0.167. The normalized spacial score (nSPS) is 10.2. The molecule has 6 heteroatoms. The first-order valence-electron chi connectivity index (χ1n) is 5.14. The van der Waals surface area contributed by atoms with Gasteiger partial charge in [0.1, 0.15) is 17.5 Å². The molecule has 1 aromatic heterocycles. The summed E-state index contributed by atoms with van der Waals surface area (Å²) in [5.41, 5.74) is 0. The Kier molecular flexibility index (Phi) is 4.23. The number of methoxy groups -OCH3 is 1. The average Bonchev–Trinajstić information content (AvgIpc) is 2.37.